The molecule has 5 rings (SSSR count). The Hall–Kier alpha value is -4.15. The smallest absolute Gasteiger partial charge is 0.321 e. The number of amides is 2. The zero-order chi connectivity index (χ0) is 24.4. The van der Waals surface area contributed by atoms with E-state index in [9.17, 15) is 4.79 Å². The quantitative estimate of drug-likeness (QED) is 0.558. The van der Waals surface area contributed by atoms with Crippen molar-refractivity contribution < 1.29 is 32.9 Å². The number of ether oxygens (including phenoxy) is 5. The Bertz CT molecular complexity index is 1200. The van der Waals surface area contributed by atoms with Crippen LogP contribution >= 0.6 is 0 Å². The van der Waals surface area contributed by atoms with Crippen LogP contribution in [-0.4, -0.2) is 62.3 Å². The maximum Gasteiger partial charge on any atom is 0.321 e. The second-order valence-corrected chi connectivity index (χ2v) is 8.14. The van der Waals surface area contributed by atoms with Crippen molar-refractivity contribution in [1.82, 2.24) is 15.1 Å². The summed E-state index contributed by atoms with van der Waals surface area (Å²) in [6.45, 7) is 1.28. The standard InChI is InChI=1S/C24H26N4O7/c1-30-19-10-16(11-20(31-2)21(19)32-3)25-24(29)28-8-4-5-15(12-28)23-27-26-22(35-23)14-6-7-17-18(9-14)34-13-33-17/h6-7,9-11,15H,4-5,8,12-13H2,1-3H3,(H,25,29). The number of benzene rings is 2. The van der Waals surface area contributed by atoms with Gasteiger partial charge in [-0.1, -0.05) is 0 Å². The van der Waals surface area contributed by atoms with Crippen LogP contribution in [0.4, 0.5) is 10.5 Å². The Kier molecular flexibility index (Phi) is 6.21. The van der Waals surface area contributed by atoms with Crippen LogP contribution in [0.25, 0.3) is 11.5 Å². The summed E-state index contributed by atoms with van der Waals surface area (Å²) in [5.41, 5.74) is 1.29. The molecule has 0 saturated carbocycles. The molecule has 3 aromatic rings. The zero-order valence-corrected chi connectivity index (χ0v) is 19.7. The van der Waals surface area contributed by atoms with Crippen molar-refractivity contribution in [3.63, 3.8) is 0 Å². The third-order valence-electron chi connectivity index (χ3n) is 6.03. The number of carbonyl (C=O) groups is 1. The summed E-state index contributed by atoms with van der Waals surface area (Å²) in [5.74, 6) is 3.55. The number of aromatic nitrogens is 2. The number of likely N-dealkylation sites (tertiary alicyclic amines) is 1. The predicted octanol–water partition coefficient (Wildman–Crippen LogP) is 3.90. The van der Waals surface area contributed by atoms with Crippen LogP contribution in [0.3, 0.4) is 0 Å². The molecular formula is C24H26N4O7. The zero-order valence-electron chi connectivity index (χ0n) is 19.7. The molecule has 2 aromatic carbocycles. The topological polar surface area (TPSA) is 117 Å². The maximum atomic E-state index is 13.0. The van der Waals surface area contributed by atoms with Crippen LogP contribution in [0.5, 0.6) is 28.7 Å². The van der Waals surface area contributed by atoms with Crippen molar-refractivity contribution in [3.8, 4) is 40.2 Å². The highest BCUT2D eigenvalue weighted by atomic mass is 16.7. The average molecular weight is 482 g/mol. The number of nitrogens with zero attached hydrogens (tertiary/aromatic N) is 3. The van der Waals surface area contributed by atoms with E-state index in [1.807, 2.05) is 18.2 Å². The monoisotopic (exact) mass is 482 g/mol. The van der Waals surface area contributed by atoms with E-state index in [0.29, 0.717) is 59.3 Å². The summed E-state index contributed by atoms with van der Waals surface area (Å²) in [5, 5.41) is 11.4. The molecule has 2 aliphatic heterocycles. The number of hydrogen-bond acceptors (Lipinski definition) is 9. The van der Waals surface area contributed by atoms with Crippen molar-refractivity contribution in [3.05, 3.63) is 36.2 Å². The molecule has 1 unspecified atom stereocenters. The average Bonchev–Trinajstić information content (AvgIpc) is 3.57. The Balaban J connectivity index is 1.28. The molecule has 1 fully saturated rings. The van der Waals surface area contributed by atoms with Gasteiger partial charge >= 0.3 is 6.03 Å². The maximum absolute atomic E-state index is 13.0. The third kappa shape index (κ3) is 4.48. The molecule has 35 heavy (non-hydrogen) atoms. The number of piperidine rings is 1. The van der Waals surface area contributed by atoms with Gasteiger partial charge in [0.25, 0.3) is 0 Å². The highest BCUT2D eigenvalue weighted by molar-refractivity contribution is 5.90. The molecule has 0 aliphatic carbocycles. The fraction of sp³-hybridized carbons (Fsp3) is 0.375. The van der Waals surface area contributed by atoms with Crippen LogP contribution in [0.1, 0.15) is 24.7 Å². The van der Waals surface area contributed by atoms with E-state index >= 15 is 0 Å². The van der Waals surface area contributed by atoms with Crippen molar-refractivity contribution in [2.45, 2.75) is 18.8 Å². The summed E-state index contributed by atoms with van der Waals surface area (Å²) in [4.78, 5) is 14.8. The summed E-state index contributed by atoms with van der Waals surface area (Å²) in [6.07, 6.45) is 1.66. The Morgan fingerprint density at radius 1 is 1.03 bits per heavy atom. The van der Waals surface area contributed by atoms with Gasteiger partial charge in [-0.15, -0.1) is 10.2 Å². The molecular weight excluding hydrogens is 456 g/mol. The molecule has 3 heterocycles. The molecule has 1 N–H and O–H groups in total. The van der Waals surface area contributed by atoms with E-state index in [2.05, 4.69) is 15.5 Å². The number of nitrogens with one attached hydrogen (secondary N) is 1. The van der Waals surface area contributed by atoms with Gasteiger partial charge in [-0.3, -0.25) is 0 Å². The number of fused-ring (bicyclic) bond motifs is 1. The fourth-order valence-electron chi connectivity index (χ4n) is 4.26. The molecule has 0 bridgehead atoms. The van der Waals surface area contributed by atoms with Gasteiger partial charge in [0.2, 0.25) is 24.3 Å². The summed E-state index contributed by atoms with van der Waals surface area (Å²) in [7, 11) is 4.59. The summed E-state index contributed by atoms with van der Waals surface area (Å²) < 4.78 is 32.8. The van der Waals surface area contributed by atoms with E-state index in [-0.39, 0.29) is 18.7 Å². The van der Waals surface area contributed by atoms with E-state index in [0.717, 1.165) is 18.4 Å². The Labute approximate surface area is 201 Å². The number of rotatable bonds is 6. The molecule has 1 atom stereocenters. The predicted molar refractivity (Wildman–Crippen MR) is 125 cm³/mol. The number of hydrogen-bond donors (Lipinski definition) is 1. The first-order valence-corrected chi connectivity index (χ1v) is 11.2. The minimum absolute atomic E-state index is 0.0651. The van der Waals surface area contributed by atoms with Crippen LogP contribution in [0, 0.1) is 0 Å². The Morgan fingerprint density at radius 3 is 2.54 bits per heavy atom. The molecule has 1 saturated heterocycles. The molecule has 184 valence electrons. The van der Waals surface area contributed by atoms with Crippen LogP contribution in [0.2, 0.25) is 0 Å². The fourth-order valence-corrected chi connectivity index (χ4v) is 4.26. The third-order valence-corrected chi connectivity index (χ3v) is 6.03. The van der Waals surface area contributed by atoms with Crippen molar-refractivity contribution in [2.75, 3.05) is 46.5 Å². The number of urea groups is 1. The van der Waals surface area contributed by atoms with E-state index in [1.54, 1.807) is 17.0 Å². The molecule has 2 amide bonds. The second kappa shape index (κ2) is 9.61. The molecule has 0 spiro atoms. The first kappa shape index (κ1) is 22.6. The molecule has 1 aromatic heterocycles. The summed E-state index contributed by atoms with van der Waals surface area (Å²) >= 11 is 0. The lowest BCUT2D eigenvalue weighted by atomic mass is 9.98. The second-order valence-electron chi connectivity index (χ2n) is 8.14. The van der Waals surface area contributed by atoms with Gasteiger partial charge in [-0.25, -0.2) is 4.79 Å². The lowest BCUT2D eigenvalue weighted by Crippen LogP contribution is -2.41. The molecule has 11 heteroatoms. The first-order valence-electron chi connectivity index (χ1n) is 11.2. The van der Waals surface area contributed by atoms with Gasteiger partial charge in [-0.05, 0) is 31.0 Å². The molecule has 11 nitrogen and oxygen atoms in total. The minimum atomic E-state index is -0.237. The molecule has 0 radical (unpaired) electrons. The molecule has 2 aliphatic rings. The number of carbonyl (C=O) groups excluding carboxylic acids is 1. The summed E-state index contributed by atoms with van der Waals surface area (Å²) in [6, 6.07) is 8.63. The number of methoxy groups -OCH3 is 3. The lowest BCUT2D eigenvalue weighted by Gasteiger charge is -2.31. The van der Waals surface area contributed by atoms with Crippen molar-refractivity contribution in [2.24, 2.45) is 0 Å². The van der Waals surface area contributed by atoms with Gasteiger partial charge in [0.05, 0.1) is 32.9 Å². The van der Waals surface area contributed by atoms with E-state index < -0.39 is 0 Å². The highest BCUT2D eigenvalue weighted by Crippen LogP contribution is 2.40. The van der Waals surface area contributed by atoms with Crippen LogP contribution in [0.15, 0.2) is 34.7 Å². The highest BCUT2D eigenvalue weighted by Gasteiger charge is 2.29. The first-order chi connectivity index (χ1) is 17.1. The van der Waals surface area contributed by atoms with Crippen LogP contribution < -0.4 is 29.0 Å². The lowest BCUT2D eigenvalue weighted by molar-refractivity contribution is 0.174. The van der Waals surface area contributed by atoms with E-state index in [4.69, 9.17) is 28.1 Å². The normalized spacial score (nSPS) is 16.7. The Morgan fingerprint density at radius 2 is 1.80 bits per heavy atom. The van der Waals surface area contributed by atoms with Gasteiger partial charge in [0.15, 0.2) is 23.0 Å². The van der Waals surface area contributed by atoms with E-state index in [1.165, 1.54) is 21.3 Å². The van der Waals surface area contributed by atoms with Crippen LogP contribution in [-0.2, 0) is 0 Å². The van der Waals surface area contributed by atoms with Gasteiger partial charge < -0.3 is 38.3 Å². The van der Waals surface area contributed by atoms with Crippen molar-refractivity contribution in [1.29, 1.82) is 0 Å². The SMILES string of the molecule is COc1cc(NC(=O)N2CCCC(c3nnc(-c4ccc5c(c4)OCO5)o3)C2)cc(OC)c1OC. The number of anilines is 1. The minimum Gasteiger partial charge on any atom is -0.493 e. The van der Waals surface area contributed by atoms with Crippen molar-refractivity contribution >= 4 is 11.7 Å². The van der Waals surface area contributed by atoms with Gasteiger partial charge in [0.1, 0.15) is 0 Å². The largest absolute Gasteiger partial charge is 0.493 e. The van der Waals surface area contributed by atoms with Gasteiger partial charge in [-0.2, -0.15) is 0 Å². The van der Waals surface area contributed by atoms with Gasteiger partial charge in [0, 0.05) is 30.8 Å².